The van der Waals surface area contributed by atoms with E-state index in [0.29, 0.717) is 12.5 Å². The molecule has 0 saturated heterocycles. The van der Waals surface area contributed by atoms with Gasteiger partial charge in [0, 0.05) is 18.4 Å². The molecule has 0 aliphatic heterocycles. The minimum Gasteiger partial charge on any atom is -0.395 e. The molecule has 0 unspecified atom stereocenters. The van der Waals surface area contributed by atoms with Crippen LogP contribution in [0.25, 0.3) is 0 Å². The minimum absolute atomic E-state index is 0.167. The van der Waals surface area contributed by atoms with Gasteiger partial charge >= 0.3 is 0 Å². The van der Waals surface area contributed by atoms with Gasteiger partial charge in [0.15, 0.2) is 0 Å². The van der Waals surface area contributed by atoms with Crippen LogP contribution in [0.4, 0.5) is 0 Å². The lowest BCUT2D eigenvalue weighted by Gasteiger charge is -2.17. The first-order valence-corrected chi connectivity index (χ1v) is 5.05. The Bertz CT molecular complexity index is 234. The van der Waals surface area contributed by atoms with E-state index in [9.17, 15) is 0 Å². The van der Waals surface area contributed by atoms with Crippen molar-refractivity contribution in [2.45, 2.75) is 32.9 Å². The second-order valence-electron chi connectivity index (χ2n) is 3.93. The van der Waals surface area contributed by atoms with Crippen molar-refractivity contribution in [1.29, 1.82) is 0 Å². The smallest absolute Gasteiger partial charge is 0.120 e. The average molecular weight is 197 g/mol. The van der Waals surface area contributed by atoms with Crippen LogP contribution in [0.5, 0.6) is 0 Å². The molecular weight excluding hydrogens is 178 g/mol. The Labute approximate surface area is 84.8 Å². The molecule has 1 aromatic rings. The molecule has 0 bridgehead atoms. The topological polar surface area (TPSA) is 60.9 Å². The standard InChI is InChI=1S/C10H19N3O/c1-8(2)5-9(7-14)13-6-10-11-3-4-12-10/h3-4,8-9,13-14H,5-7H2,1-2H3,(H,11,12)/t9-/m1/s1. The Morgan fingerprint density at radius 3 is 2.86 bits per heavy atom. The molecule has 0 aliphatic rings. The van der Waals surface area contributed by atoms with Crippen molar-refractivity contribution >= 4 is 0 Å². The van der Waals surface area contributed by atoms with Gasteiger partial charge in [-0.25, -0.2) is 4.98 Å². The molecule has 1 rings (SSSR count). The van der Waals surface area contributed by atoms with Crippen molar-refractivity contribution in [3.8, 4) is 0 Å². The van der Waals surface area contributed by atoms with E-state index >= 15 is 0 Å². The monoisotopic (exact) mass is 197 g/mol. The predicted octanol–water partition coefficient (Wildman–Crippen LogP) is 0.906. The maximum atomic E-state index is 9.11. The fourth-order valence-corrected chi connectivity index (χ4v) is 1.43. The Morgan fingerprint density at radius 1 is 1.57 bits per heavy atom. The molecule has 0 saturated carbocycles. The van der Waals surface area contributed by atoms with Gasteiger partial charge in [0.1, 0.15) is 5.82 Å². The Balaban J connectivity index is 2.27. The molecule has 0 fully saturated rings. The van der Waals surface area contributed by atoms with Gasteiger partial charge in [-0.15, -0.1) is 0 Å². The molecule has 1 atom stereocenters. The van der Waals surface area contributed by atoms with E-state index in [0.717, 1.165) is 12.2 Å². The second kappa shape index (κ2) is 5.78. The largest absolute Gasteiger partial charge is 0.395 e. The van der Waals surface area contributed by atoms with E-state index in [1.807, 2.05) is 0 Å². The van der Waals surface area contributed by atoms with Crippen LogP contribution in [-0.2, 0) is 6.54 Å². The molecule has 0 amide bonds. The maximum Gasteiger partial charge on any atom is 0.120 e. The first-order chi connectivity index (χ1) is 6.72. The van der Waals surface area contributed by atoms with Gasteiger partial charge in [0.2, 0.25) is 0 Å². The van der Waals surface area contributed by atoms with Crippen LogP contribution < -0.4 is 5.32 Å². The zero-order chi connectivity index (χ0) is 10.4. The normalized spacial score (nSPS) is 13.4. The van der Waals surface area contributed by atoms with Crippen molar-refractivity contribution in [2.75, 3.05) is 6.61 Å². The summed E-state index contributed by atoms with van der Waals surface area (Å²) in [4.78, 5) is 7.12. The van der Waals surface area contributed by atoms with Crippen molar-refractivity contribution in [2.24, 2.45) is 5.92 Å². The fraction of sp³-hybridized carbons (Fsp3) is 0.700. The highest BCUT2D eigenvalue weighted by atomic mass is 16.3. The van der Waals surface area contributed by atoms with Crippen LogP contribution in [0.15, 0.2) is 12.4 Å². The molecule has 14 heavy (non-hydrogen) atoms. The van der Waals surface area contributed by atoms with Crippen LogP contribution in [0.3, 0.4) is 0 Å². The van der Waals surface area contributed by atoms with Gasteiger partial charge in [0.05, 0.1) is 13.2 Å². The van der Waals surface area contributed by atoms with E-state index in [-0.39, 0.29) is 12.6 Å². The first kappa shape index (κ1) is 11.2. The SMILES string of the molecule is CC(C)C[C@H](CO)NCc1ncc[nH]1. The number of imidazole rings is 1. The van der Waals surface area contributed by atoms with Crippen molar-refractivity contribution in [1.82, 2.24) is 15.3 Å². The molecule has 1 heterocycles. The highest BCUT2D eigenvalue weighted by Gasteiger charge is 2.09. The summed E-state index contributed by atoms with van der Waals surface area (Å²) in [5, 5.41) is 12.4. The molecule has 0 radical (unpaired) electrons. The van der Waals surface area contributed by atoms with E-state index < -0.39 is 0 Å². The van der Waals surface area contributed by atoms with E-state index in [4.69, 9.17) is 5.11 Å². The van der Waals surface area contributed by atoms with Crippen LogP contribution in [-0.4, -0.2) is 27.7 Å². The van der Waals surface area contributed by atoms with E-state index in [1.165, 1.54) is 0 Å². The molecule has 3 N–H and O–H groups in total. The summed E-state index contributed by atoms with van der Waals surface area (Å²) in [6.45, 7) is 5.16. The molecule has 4 nitrogen and oxygen atoms in total. The van der Waals surface area contributed by atoms with Crippen molar-refractivity contribution in [3.63, 3.8) is 0 Å². The Hall–Kier alpha value is -0.870. The third kappa shape index (κ3) is 3.89. The average Bonchev–Trinajstić information content (AvgIpc) is 2.64. The third-order valence-corrected chi connectivity index (χ3v) is 2.09. The number of aliphatic hydroxyl groups excluding tert-OH is 1. The number of aromatic amines is 1. The summed E-state index contributed by atoms with van der Waals surface area (Å²) >= 11 is 0. The summed E-state index contributed by atoms with van der Waals surface area (Å²) in [5.41, 5.74) is 0. The molecule has 4 heteroatoms. The summed E-state index contributed by atoms with van der Waals surface area (Å²) in [6.07, 6.45) is 4.51. The summed E-state index contributed by atoms with van der Waals surface area (Å²) in [7, 11) is 0. The second-order valence-corrected chi connectivity index (χ2v) is 3.93. The molecule has 1 aromatic heterocycles. The van der Waals surface area contributed by atoms with Gasteiger partial charge in [-0.2, -0.15) is 0 Å². The summed E-state index contributed by atoms with van der Waals surface area (Å²) in [6, 6.07) is 0.167. The number of hydrogen-bond acceptors (Lipinski definition) is 3. The lowest BCUT2D eigenvalue weighted by molar-refractivity contribution is 0.223. The molecule has 0 aromatic carbocycles. The number of aromatic nitrogens is 2. The van der Waals surface area contributed by atoms with Gasteiger partial charge in [0.25, 0.3) is 0 Å². The first-order valence-electron chi connectivity index (χ1n) is 5.05. The van der Waals surface area contributed by atoms with Crippen molar-refractivity contribution < 1.29 is 5.11 Å². The van der Waals surface area contributed by atoms with Crippen LogP contribution in [0.1, 0.15) is 26.1 Å². The number of nitrogens with zero attached hydrogens (tertiary/aromatic N) is 1. The number of aliphatic hydroxyl groups is 1. The zero-order valence-corrected chi connectivity index (χ0v) is 8.83. The number of nitrogens with one attached hydrogen (secondary N) is 2. The number of H-pyrrole nitrogens is 1. The summed E-state index contributed by atoms with van der Waals surface area (Å²) in [5.74, 6) is 1.50. The van der Waals surface area contributed by atoms with Gasteiger partial charge in [-0.3, -0.25) is 0 Å². The molecule has 0 spiro atoms. The lowest BCUT2D eigenvalue weighted by Crippen LogP contribution is -2.33. The minimum atomic E-state index is 0.167. The highest BCUT2D eigenvalue weighted by molar-refractivity contribution is 4.86. The van der Waals surface area contributed by atoms with Crippen LogP contribution >= 0.6 is 0 Å². The number of rotatable bonds is 6. The quantitative estimate of drug-likeness (QED) is 0.635. The highest BCUT2D eigenvalue weighted by Crippen LogP contribution is 2.04. The van der Waals surface area contributed by atoms with Gasteiger partial charge in [-0.1, -0.05) is 13.8 Å². The number of hydrogen-bond donors (Lipinski definition) is 3. The molecule has 0 aliphatic carbocycles. The fourth-order valence-electron chi connectivity index (χ4n) is 1.43. The maximum absolute atomic E-state index is 9.11. The summed E-state index contributed by atoms with van der Waals surface area (Å²) < 4.78 is 0. The van der Waals surface area contributed by atoms with E-state index in [2.05, 4.69) is 29.1 Å². The van der Waals surface area contributed by atoms with Gasteiger partial charge < -0.3 is 15.4 Å². The lowest BCUT2D eigenvalue weighted by atomic mass is 10.0. The predicted molar refractivity (Wildman–Crippen MR) is 55.8 cm³/mol. The van der Waals surface area contributed by atoms with E-state index in [1.54, 1.807) is 12.4 Å². The third-order valence-electron chi connectivity index (χ3n) is 2.09. The Kier molecular flexibility index (Phi) is 4.62. The molecule has 80 valence electrons. The zero-order valence-electron chi connectivity index (χ0n) is 8.83. The van der Waals surface area contributed by atoms with Gasteiger partial charge in [-0.05, 0) is 12.3 Å². The van der Waals surface area contributed by atoms with Crippen molar-refractivity contribution in [3.05, 3.63) is 18.2 Å². The van der Waals surface area contributed by atoms with Crippen LogP contribution in [0, 0.1) is 5.92 Å². The Morgan fingerprint density at radius 2 is 2.36 bits per heavy atom. The molecular formula is C10H19N3O. The van der Waals surface area contributed by atoms with Crippen LogP contribution in [0.2, 0.25) is 0 Å².